The molecule has 3 aromatic rings. The SMILES string of the molecule is CN(C(=O)CCn1cnc2ccc(Br)cc2c1=O)C(C(N)=O)c1cccc(F)c1. The number of hydrogen-bond acceptors (Lipinski definition) is 4. The summed E-state index contributed by atoms with van der Waals surface area (Å²) in [5.74, 6) is -1.73. The molecule has 1 aromatic heterocycles. The highest BCUT2D eigenvalue weighted by molar-refractivity contribution is 9.10. The molecule has 0 bridgehead atoms. The zero-order valence-corrected chi connectivity index (χ0v) is 17.1. The van der Waals surface area contributed by atoms with E-state index in [1.807, 2.05) is 0 Å². The van der Waals surface area contributed by atoms with Crippen molar-refractivity contribution >= 4 is 38.6 Å². The highest BCUT2D eigenvalue weighted by Gasteiger charge is 2.27. The summed E-state index contributed by atoms with van der Waals surface area (Å²) in [6.07, 6.45) is 1.32. The van der Waals surface area contributed by atoms with Gasteiger partial charge in [-0.3, -0.25) is 19.0 Å². The van der Waals surface area contributed by atoms with Gasteiger partial charge in [0.1, 0.15) is 11.9 Å². The summed E-state index contributed by atoms with van der Waals surface area (Å²) >= 11 is 3.32. The van der Waals surface area contributed by atoms with Crippen molar-refractivity contribution in [3.63, 3.8) is 0 Å². The van der Waals surface area contributed by atoms with Gasteiger partial charge in [0.25, 0.3) is 5.56 Å². The Hall–Kier alpha value is -3.07. The second-order valence-corrected chi connectivity index (χ2v) is 7.43. The van der Waals surface area contributed by atoms with E-state index in [2.05, 4.69) is 20.9 Å². The summed E-state index contributed by atoms with van der Waals surface area (Å²) < 4.78 is 15.6. The van der Waals surface area contributed by atoms with Crippen molar-refractivity contribution in [3.8, 4) is 0 Å². The summed E-state index contributed by atoms with van der Waals surface area (Å²) in [4.78, 5) is 42.5. The molecule has 1 atom stereocenters. The van der Waals surface area contributed by atoms with Gasteiger partial charge in [-0.05, 0) is 35.9 Å². The van der Waals surface area contributed by atoms with Crippen LogP contribution in [0.1, 0.15) is 18.0 Å². The Balaban J connectivity index is 1.79. The quantitative estimate of drug-likeness (QED) is 0.610. The van der Waals surface area contributed by atoms with Crippen LogP contribution in [0.2, 0.25) is 0 Å². The number of fused-ring (bicyclic) bond motifs is 1. The number of carbonyl (C=O) groups excluding carboxylic acids is 2. The molecule has 0 saturated heterocycles. The van der Waals surface area contributed by atoms with Crippen molar-refractivity contribution in [2.45, 2.75) is 19.0 Å². The molecule has 0 aliphatic carbocycles. The van der Waals surface area contributed by atoms with Gasteiger partial charge < -0.3 is 10.6 Å². The lowest BCUT2D eigenvalue weighted by atomic mass is 10.0. The number of primary amides is 1. The van der Waals surface area contributed by atoms with E-state index in [9.17, 15) is 18.8 Å². The first-order chi connectivity index (χ1) is 13.8. The van der Waals surface area contributed by atoms with Crippen LogP contribution >= 0.6 is 15.9 Å². The summed E-state index contributed by atoms with van der Waals surface area (Å²) in [7, 11) is 1.42. The number of aromatic nitrogens is 2. The second-order valence-electron chi connectivity index (χ2n) is 6.52. The molecule has 1 heterocycles. The van der Waals surface area contributed by atoms with Gasteiger partial charge in [0, 0.05) is 24.5 Å². The first kappa shape index (κ1) is 20.7. The molecule has 1 unspecified atom stereocenters. The largest absolute Gasteiger partial charge is 0.368 e. The van der Waals surface area contributed by atoms with Crippen LogP contribution < -0.4 is 11.3 Å². The minimum Gasteiger partial charge on any atom is -0.368 e. The fraction of sp³-hybridized carbons (Fsp3) is 0.200. The average Bonchev–Trinajstić information content (AvgIpc) is 2.67. The molecule has 2 amide bonds. The summed E-state index contributed by atoms with van der Waals surface area (Å²) in [6, 6.07) is 9.43. The highest BCUT2D eigenvalue weighted by Crippen LogP contribution is 2.21. The molecule has 9 heteroatoms. The van der Waals surface area contributed by atoms with Crippen LogP contribution in [0.4, 0.5) is 4.39 Å². The van der Waals surface area contributed by atoms with Gasteiger partial charge in [-0.25, -0.2) is 9.37 Å². The first-order valence-electron chi connectivity index (χ1n) is 8.73. The molecular weight excluding hydrogens is 443 g/mol. The molecule has 0 fully saturated rings. The Morgan fingerprint density at radius 1 is 1.28 bits per heavy atom. The van der Waals surface area contributed by atoms with E-state index in [-0.39, 0.29) is 24.1 Å². The van der Waals surface area contributed by atoms with Crippen LogP contribution in [0.3, 0.4) is 0 Å². The fourth-order valence-electron chi connectivity index (χ4n) is 3.08. The van der Waals surface area contributed by atoms with Crippen LogP contribution in [0.15, 0.2) is 58.1 Å². The molecule has 2 N–H and O–H groups in total. The number of benzene rings is 2. The van der Waals surface area contributed by atoms with E-state index in [1.54, 1.807) is 18.2 Å². The molecule has 7 nitrogen and oxygen atoms in total. The fourth-order valence-corrected chi connectivity index (χ4v) is 3.44. The van der Waals surface area contributed by atoms with Gasteiger partial charge in [-0.1, -0.05) is 28.1 Å². The number of rotatable bonds is 6. The van der Waals surface area contributed by atoms with Crippen molar-refractivity contribution in [2.75, 3.05) is 7.05 Å². The molecule has 0 saturated carbocycles. The normalized spacial score (nSPS) is 12.0. The van der Waals surface area contributed by atoms with Gasteiger partial charge in [0.15, 0.2) is 0 Å². The maximum absolute atomic E-state index is 13.5. The van der Waals surface area contributed by atoms with Crippen molar-refractivity contribution in [1.82, 2.24) is 14.5 Å². The Labute approximate surface area is 174 Å². The van der Waals surface area contributed by atoms with E-state index in [4.69, 9.17) is 5.73 Å². The predicted octanol–water partition coefficient (Wildman–Crippen LogP) is 2.37. The molecule has 3 rings (SSSR count). The predicted molar refractivity (Wildman–Crippen MR) is 109 cm³/mol. The molecule has 0 aliphatic heterocycles. The molecule has 0 radical (unpaired) electrons. The summed E-state index contributed by atoms with van der Waals surface area (Å²) in [6.45, 7) is 0.0755. The van der Waals surface area contributed by atoms with Gasteiger partial charge in [0.05, 0.1) is 17.2 Å². The lowest BCUT2D eigenvalue weighted by Crippen LogP contribution is -2.39. The van der Waals surface area contributed by atoms with E-state index in [1.165, 1.54) is 36.1 Å². The molecule has 0 spiro atoms. The van der Waals surface area contributed by atoms with Crippen molar-refractivity contribution < 1.29 is 14.0 Å². The number of hydrogen-bond donors (Lipinski definition) is 1. The minimum absolute atomic E-state index is 0.0588. The van der Waals surface area contributed by atoms with Crippen molar-refractivity contribution in [3.05, 3.63) is 75.0 Å². The van der Waals surface area contributed by atoms with E-state index >= 15 is 0 Å². The maximum Gasteiger partial charge on any atom is 0.261 e. The highest BCUT2D eigenvalue weighted by atomic mass is 79.9. The Morgan fingerprint density at radius 2 is 2.03 bits per heavy atom. The van der Waals surface area contributed by atoms with Crippen molar-refractivity contribution in [2.24, 2.45) is 5.73 Å². The minimum atomic E-state index is -1.11. The van der Waals surface area contributed by atoms with Crippen LogP contribution in [0.25, 0.3) is 10.9 Å². The Bertz CT molecular complexity index is 1150. The molecule has 150 valence electrons. The van der Waals surface area contributed by atoms with E-state index in [0.29, 0.717) is 10.9 Å². The summed E-state index contributed by atoms with van der Waals surface area (Å²) in [5.41, 5.74) is 6.00. The van der Waals surface area contributed by atoms with Gasteiger partial charge in [-0.2, -0.15) is 0 Å². The summed E-state index contributed by atoms with van der Waals surface area (Å²) in [5, 5.41) is 0.428. The molecule has 29 heavy (non-hydrogen) atoms. The van der Waals surface area contributed by atoms with Gasteiger partial charge in [-0.15, -0.1) is 0 Å². The average molecular weight is 461 g/mol. The number of nitrogens with two attached hydrogens (primary N) is 1. The van der Waals surface area contributed by atoms with Crippen LogP contribution in [0, 0.1) is 5.82 Å². The second kappa shape index (κ2) is 8.52. The third-order valence-corrected chi connectivity index (χ3v) is 5.06. The monoisotopic (exact) mass is 460 g/mol. The molecule has 0 aliphatic rings. The Kier molecular flexibility index (Phi) is 6.07. The standard InChI is InChI=1S/C20H18BrFN4O3/c1-25(18(19(23)28)12-3-2-4-14(22)9-12)17(27)7-8-26-11-24-16-6-5-13(21)10-15(16)20(26)29/h2-6,9-11,18H,7-8H2,1H3,(H2,23,28). The third-order valence-electron chi connectivity index (χ3n) is 4.57. The lowest BCUT2D eigenvalue weighted by Gasteiger charge is -2.26. The van der Waals surface area contributed by atoms with Crippen molar-refractivity contribution in [1.29, 1.82) is 0 Å². The molecular formula is C20H18BrFN4O3. The number of nitrogens with zero attached hydrogens (tertiary/aromatic N) is 3. The number of aryl methyl sites for hydroxylation is 1. The number of amides is 2. The maximum atomic E-state index is 13.5. The zero-order chi connectivity index (χ0) is 21.1. The van der Waals surface area contributed by atoms with Crippen LogP contribution in [0.5, 0.6) is 0 Å². The first-order valence-corrected chi connectivity index (χ1v) is 9.52. The van der Waals surface area contributed by atoms with E-state index < -0.39 is 23.7 Å². The number of halogens is 2. The van der Waals surface area contributed by atoms with Gasteiger partial charge in [0.2, 0.25) is 11.8 Å². The van der Waals surface area contributed by atoms with Crippen LogP contribution in [-0.2, 0) is 16.1 Å². The zero-order valence-electron chi connectivity index (χ0n) is 15.5. The van der Waals surface area contributed by atoms with Crippen LogP contribution in [-0.4, -0.2) is 33.3 Å². The number of carbonyl (C=O) groups is 2. The smallest absolute Gasteiger partial charge is 0.261 e. The lowest BCUT2D eigenvalue weighted by molar-refractivity contribution is -0.138. The Morgan fingerprint density at radius 3 is 2.72 bits per heavy atom. The van der Waals surface area contributed by atoms with Gasteiger partial charge >= 0.3 is 0 Å². The third kappa shape index (κ3) is 4.51. The van der Waals surface area contributed by atoms with E-state index in [0.717, 1.165) is 15.4 Å². The molecule has 2 aromatic carbocycles. The number of likely N-dealkylation sites (N-methyl/N-ethyl adjacent to an activating group) is 1. The topological polar surface area (TPSA) is 98.3 Å².